The maximum atomic E-state index is 13.8. The van der Waals surface area contributed by atoms with Crippen molar-refractivity contribution in [2.24, 2.45) is 0 Å². The molecule has 1 aromatic rings. The van der Waals surface area contributed by atoms with Gasteiger partial charge in [-0.3, -0.25) is 4.90 Å². The summed E-state index contributed by atoms with van der Waals surface area (Å²) in [6, 6.07) is 7.15. The van der Waals surface area contributed by atoms with Gasteiger partial charge in [0.1, 0.15) is 5.82 Å². The third kappa shape index (κ3) is 4.03. The molecule has 1 fully saturated rings. The van der Waals surface area contributed by atoms with Gasteiger partial charge in [-0.25, -0.2) is 4.39 Å². The van der Waals surface area contributed by atoms with Crippen LogP contribution < -0.4 is 5.32 Å². The van der Waals surface area contributed by atoms with Crippen molar-refractivity contribution in [1.82, 2.24) is 10.2 Å². The second-order valence-electron chi connectivity index (χ2n) is 5.39. The average Bonchev–Trinajstić information content (AvgIpc) is 2.49. The van der Waals surface area contributed by atoms with E-state index in [9.17, 15) is 4.39 Å². The molecule has 0 radical (unpaired) electrons. The number of hydrogen-bond donors (Lipinski definition) is 1. The van der Waals surface area contributed by atoms with Gasteiger partial charge in [0, 0.05) is 24.7 Å². The van der Waals surface area contributed by atoms with Gasteiger partial charge in [-0.05, 0) is 44.1 Å². The minimum absolute atomic E-state index is 0.223. The Hall–Kier alpha value is -1.44. The van der Waals surface area contributed by atoms with Gasteiger partial charge in [-0.1, -0.05) is 13.3 Å². The Labute approximate surface area is 120 Å². The molecule has 1 N–H and O–H groups in total. The summed E-state index contributed by atoms with van der Waals surface area (Å²) < 4.78 is 13.8. The van der Waals surface area contributed by atoms with Crippen LogP contribution in [-0.4, -0.2) is 30.6 Å². The Morgan fingerprint density at radius 1 is 1.45 bits per heavy atom. The Morgan fingerprint density at radius 3 is 2.95 bits per heavy atom. The summed E-state index contributed by atoms with van der Waals surface area (Å²) in [6.07, 6.45) is 3.71. The van der Waals surface area contributed by atoms with Gasteiger partial charge < -0.3 is 5.32 Å². The highest BCUT2D eigenvalue weighted by Crippen LogP contribution is 2.15. The molecule has 1 aliphatic heterocycles. The molecule has 1 unspecified atom stereocenters. The Balaban J connectivity index is 2.00. The van der Waals surface area contributed by atoms with Crippen LogP contribution in [0, 0.1) is 17.1 Å². The fourth-order valence-corrected chi connectivity index (χ4v) is 2.70. The fourth-order valence-electron chi connectivity index (χ4n) is 2.70. The Bertz CT molecular complexity index is 475. The predicted octanol–water partition coefficient (Wildman–Crippen LogP) is 2.66. The lowest BCUT2D eigenvalue weighted by Crippen LogP contribution is -2.43. The lowest BCUT2D eigenvalue weighted by molar-refractivity contribution is 0.224. The third-order valence-corrected chi connectivity index (χ3v) is 3.91. The molecule has 1 saturated heterocycles. The first kappa shape index (κ1) is 15.0. The van der Waals surface area contributed by atoms with Crippen molar-refractivity contribution in [2.75, 3.05) is 19.6 Å². The number of hydrogen-bond acceptors (Lipinski definition) is 3. The maximum absolute atomic E-state index is 13.8. The van der Waals surface area contributed by atoms with Crippen LogP contribution in [0.1, 0.15) is 37.3 Å². The SMILES string of the molecule is CCN(Cc1cc(C#N)ccc1F)CC1CCCCN1. The van der Waals surface area contributed by atoms with Gasteiger partial charge in [0.05, 0.1) is 11.6 Å². The highest BCUT2D eigenvalue weighted by Gasteiger charge is 2.17. The summed E-state index contributed by atoms with van der Waals surface area (Å²) in [5.41, 5.74) is 1.13. The van der Waals surface area contributed by atoms with E-state index in [-0.39, 0.29) is 5.82 Å². The molecule has 1 aliphatic rings. The van der Waals surface area contributed by atoms with Crippen molar-refractivity contribution in [3.05, 3.63) is 35.1 Å². The lowest BCUT2D eigenvalue weighted by atomic mass is 10.0. The van der Waals surface area contributed by atoms with Crippen LogP contribution in [0.5, 0.6) is 0 Å². The molecule has 1 heterocycles. The van der Waals surface area contributed by atoms with E-state index >= 15 is 0 Å². The van der Waals surface area contributed by atoms with Crippen molar-refractivity contribution in [1.29, 1.82) is 5.26 Å². The van der Waals surface area contributed by atoms with Crippen LogP contribution in [0.15, 0.2) is 18.2 Å². The minimum Gasteiger partial charge on any atom is -0.313 e. The smallest absolute Gasteiger partial charge is 0.127 e. The van der Waals surface area contributed by atoms with Crippen molar-refractivity contribution in [3.8, 4) is 6.07 Å². The largest absolute Gasteiger partial charge is 0.313 e. The Morgan fingerprint density at radius 2 is 2.30 bits per heavy atom. The molecule has 0 spiro atoms. The van der Waals surface area contributed by atoms with Crippen molar-refractivity contribution in [3.63, 3.8) is 0 Å². The number of likely N-dealkylation sites (N-methyl/N-ethyl adjacent to an activating group) is 1. The zero-order chi connectivity index (χ0) is 14.4. The maximum Gasteiger partial charge on any atom is 0.127 e. The molecular formula is C16H22FN3. The van der Waals surface area contributed by atoms with Gasteiger partial charge >= 0.3 is 0 Å². The number of nitrogens with zero attached hydrogens (tertiary/aromatic N) is 2. The van der Waals surface area contributed by atoms with E-state index in [1.54, 1.807) is 6.07 Å². The molecule has 4 heteroatoms. The Kier molecular flexibility index (Phi) is 5.51. The monoisotopic (exact) mass is 275 g/mol. The zero-order valence-electron chi connectivity index (χ0n) is 12.0. The molecule has 1 atom stereocenters. The van der Waals surface area contributed by atoms with Gasteiger partial charge in [0.15, 0.2) is 0 Å². The number of piperidine rings is 1. The average molecular weight is 275 g/mol. The first-order chi connectivity index (χ1) is 9.72. The molecule has 0 aromatic heterocycles. The first-order valence-corrected chi connectivity index (χ1v) is 7.37. The summed E-state index contributed by atoms with van der Waals surface area (Å²) in [7, 11) is 0. The summed E-state index contributed by atoms with van der Waals surface area (Å²) >= 11 is 0. The van der Waals surface area contributed by atoms with Crippen molar-refractivity contribution < 1.29 is 4.39 Å². The number of rotatable bonds is 5. The number of benzene rings is 1. The molecule has 0 amide bonds. The third-order valence-electron chi connectivity index (χ3n) is 3.91. The molecule has 3 nitrogen and oxygen atoms in total. The summed E-state index contributed by atoms with van der Waals surface area (Å²) in [5, 5.41) is 12.4. The second-order valence-corrected chi connectivity index (χ2v) is 5.39. The summed E-state index contributed by atoms with van der Waals surface area (Å²) in [6.45, 7) is 5.56. The van der Waals surface area contributed by atoms with Crippen LogP contribution >= 0.6 is 0 Å². The standard InChI is InChI=1S/C16H22FN3/c1-2-20(12-15-5-3-4-8-19-15)11-14-9-13(10-18)6-7-16(14)17/h6-7,9,15,19H,2-5,8,11-12H2,1H3. The summed E-state index contributed by atoms with van der Waals surface area (Å²) in [4.78, 5) is 2.24. The van der Waals surface area contributed by atoms with Crippen molar-refractivity contribution >= 4 is 0 Å². The number of nitriles is 1. The van der Waals surface area contributed by atoms with Crippen LogP contribution in [-0.2, 0) is 6.54 Å². The topological polar surface area (TPSA) is 39.1 Å². The molecule has 0 bridgehead atoms. The van der Waals surface area contributed by atoms with Crippen LogP contribution in [0.2, 0.25) is 0 Å². The molecule has 2 rings (SSSR count). The number of halogens is 1. The first-order valence-electron chi connectivity index (χ1n) is 7.37. The van der Waals surface area contributed by atoms with Crippen LogP contribution in [0.4, 0.5) is 4.39 Å². The summed E-state index contributed by atoms with van der Waals surface area (Å²) in [5.74, 6) is -0.223. The van der Waals surface area contributed by atoms with E-state index in [2.05, 4.69) is 23.2 Å². The van der Waals surface area contributed by atoms with Gasteiger partial charge in [-0.15, -0.1) is 0 Å². The van der Waals surface area contributed by atoms with Crippen LogP contribution in [0.25, 0.3) is 0 Å². The van der Waals surface area contributed by atoms with E-state index < -0.39 is 0 Å². The molecule has 1 aromatic carbocycles. The molecule has 20 heavy (non-hydrogen) atoms. The molecular weight excluding hydrogens is 253 g/mol. The van der Waals surface area contributed by atoms with E-state index in [4.69, 9.17) is 5.26 Å². The molecule has 108 valence electrons. The zero-order valence-corrected chi connectivity index (χ0v) is 12.0. The van der Waals surface area contributed by atoms with Crippen LogP contribution in [0.3, 0.4) is 0 Å². The predicted molar refractivity (Wildman–Crippen MR) is 77.7 cm³/mol. The normalized spacial score (nSPS) is 19.0. The van der Waals surface area contributed by atoms with Gasteiger partial charge in [0.2, 0.25) is 0 Å². The van der Waals surface area contributed by atoms with Gasteiger partial charge in [-0.2, -0.15) is 5.26 Å². The molecule has 0 saturated carbocycles. The molecule has 0 aliphatic carbocycles. The highest BCUT2D eigenvalue weighted by atomic mass is 19.1. The minimum atomic E-state index is -0.223. The number of nitrogens with one attached hydrogen (secondary N) is 1. The fraction of sp³-hybridized carbons (Fsp3) is 0.562. The van der Waals surface area contributed by atoms with E-state index in [1.165, 1.54) is 31.4 Å². The van der Waals surface area contributed by atoms with E-state index in [0.717, 1.165) is 19.6 Å². The van der Waals surface area contributed by atoms with Gasteiger partial charge in [0.25, 0.3) is 0 Å². The van der Waals surface area contributed by atoms with E-state index in [1.807, 2.05) is 0 Å². The second kappa shape index (κ2) is 7.37. The van der Waals surface area contributed by atoms with E-state index in [0.29, 0.717) is 23.7 Å². The quantitative estimate of drug-likeness (QED) is 0.898. The highest BCUT2D eigenvalue weighted by molar-refractivity contribution is 5.33. The van der Waals surface area contributed by atoms with Crippen molar-refractivity contribution in [2.45, 2.75) is 38.8 Å². The lowest BCUT2D eigenvalue weighted by Gasteiger charge is -2.30.